The van der Waals surface area contributed by atoms with Crippen LogP contribution in [-0.4, -0.2) is 30.2 Å². The molecule has 2 aromatic rings. The molecule has 0 saturated heterocycles. The Balaban J connectivity index is 2.31. The van der Waals surface area contributed by atoms with E-state index in [2.05, 4.69) is 51.8 Å². The Morgan fingerprint density at radius 2 is 2.05 bits per heavy atom. The lowest BCUT2D eigenvalue weighted by Crippen LogP contribution is -2.15. The summed E-state index contributed by atoms with van der Waals surface area (Å²) in [6, 6.07) is 3.31. The van der Waals surface area contributed by atoms with E-state index in [1.54, 1.807) is 13.0 Å². The van der Waals surface area contributed by atoms with E-state index in [9.17, 15) is 8.42 Å². The SMILES string of the molecule is CCOc1n[nH]c(NS(=O)(=O)c2cc(Br)c(C)cc2Br)n1. The smallest absolute Gasteiger partial charge is 0.337 e. The zero-order valence-electron chi connectivity index (χ0n) is 11.1. The molecule has 0 aliphatic carbocycles. The standard InChI is InChI=1S/C11H12Br2N4O3S/c1-3-20-11-14-10(15-16-11)17-21(18,19)9-5-7(12)6(2)4-8(9)13/h4-5H,3H2,1-2H3,(H2,14,15,16,17). The minimum atomic E-state index is -3.80. The van der Waals surface area contributed by atoms with Crippen molar-refractivity contribution in [3.63, 3.8) is 0 Å². The third-order valence-electron chi connectivity index (χ3n) is 2.47. The number of benzene rings is 1. The molecule has 0 amide bonds. The molecule has 0 unspecified atom stereocenters. The van der Waals surface area contributed by atoms with Gasteiger partial charge in [0, 0.05) is 8.95 Å². The largest absolute Gasteiger partial charge is 0.463 e. The Morgan fingerprint density at radius 1 is 1.33 bits per heavy atom. The second-order valence-corrected chi connectivity index (χ2v) is 7.40. The molecule has 0 fully saturated rings. The number of hydrogen-bond donors (Lipinski definition) is 2. The first-order valence-electron chi connectivity index (χ1n) is 5.87. The number of aromatic amines is 1. The lowest BCUT2D eigenvalue weighted by molar-refractivity contribution is 0.314. The van der Waals surface area contributed by atoms with Crippen molar-refractivity contribution >= 4 is 47.8 Å². The van der Waals surface area contributed by atoms with Crippen molar-refractivity contribution < 1.29 is 13.2 Å². The highest BCUT2D eigenvalue weighted by molar-refractivity contribution is 9.11. The van der Waals surface area contributed by atoms with E-state index < -0.39 is 10.0 Å². The number of halogens is 2. The highest BCUT2D eigenvalue weighted by Crippen LogP contribution is 2.29. The maximum atomic E-state index is 12.4. The van der Waals surface area contributed by atoms with Crippen LogP contribution in [0.5, 0.6) is 6.01 Å². The van der Waals surface area contributed by atoms with Crippen LogP contribution in [0.2, 0.25) is 0 Å². The number of hydrogen-bond acceptors (Lipinski definition) is 5. The summed E-state index contributed by atoms with van der Waals surface area (Å²) < 4.78 is 33.3. The van der Waals surface area contributed by atoms with Crippen molar-refractivity contribution in [1.29, 1.82) is 0 Å². The minimum absolute atomic E-state index is 0.0120. The van der Waals surface area contributed by atoms with Gasteiger partial charge in [0.15, 0.2) is 0 Å². The van der Waals surface area contributed by atoms with Gasteiger partial charge in [-0.25, -0.2) is 18.2 Å². The average molecular weight is 440 g/mol. The molecule has 0 aliphatic rings. The molecule has 0 aliphatic heterocycles. The number of ether oxygens (including phenoxy) is 1. The lowest BCUT2D eigenvalue weighted by atomic mass is 10.2. The average Bonchev–Trinajstić information content (AvgIpc) is 2.80. The number of anilines is 1. The number of nitrogens with one attached hydrogen (secondary N) is 2. The second-order valence-electron chi connectivity index (χ2n) is 4.04. The summed E-state index contributed by atoms with van der Waals surface area (Å²) in [5, 5.41) is 6.19. The van der Waals surface area contributed by atoms with Crippen molar-refractivity contribution in [2.24, 2.45) is 0 Å². The maximum absolute atomic E-state index is 12.4. The van der Waals surface area contributed by atoms with Gasteiger partial charge in [0.05, 0.1) is 6.61 Å². The van der Waals surface area contributed by atoms with Gasteiger partial charge in [-0.15, -0.1) is 5.10 Å². The van der Waals surface area contributed by atoms with Crippen molar-refractivity contribution in [2.45, 2.75) is 18.7 Å². The quantitative estimate of drug-likeness (QED) is 0.746. The molecule has 1 aromatic heterocycles. The Kier molecular flexibility index (Phi) is 4.89. The van der Waals surface area contributed by atoms with Crippen LogP contribution in [0.25, 0.3) is 0 Å². The zero-order chi connectivity index (χ0) is 15.6. The molecule has 0 spiro atoms. The van der Waals surface area contributed by atoms with Gasteiger partial charge >= 0.3 is 6.01 Å². The fourth-order valence-electron chi connectivity index (χ4n) is 1.50. The van der Waals surface area contributed by atoms with Crippen LogP contribution in [0, 0.1) is 6.92 Å². The summed E-state index contributed by atoms with van der Waals surface area (Å²) >= 11 is 6.56. The van der Waals surface area contributed by atoms with Gasteiger partial charge in [-0.1, -0.05) is 15.9 Å². The number of aromatic nitrogens is 3. The summed E-state index contributed by atoms with van der Waals surface area (Å²) in [5.41, 5.74) is 0.916. The number of sulfonamides is 1. The monoisotopic (exact) mass is 438 g/mol. The summed E-state index contributed by atoms with van der Waals surface area (Å²) in [7, 11) is -3.80. The third-order valence-corrected chi connectivity index (χ3v) is 5.62. The molecule has 0 radical (unpaired) electrons. The first kappa shape index (κ1) is 16.2. The van der Waals surface area contributed by atoms with Crippen LogP contribution in [0.15, 0.2) is 26.0 Å². The number of nitrogens with zero attached hydrogens (tertiary/aromatic N) is 2. The highest BCUT2D eigenvalue weighted by atomic mass is 79.9. The number of aryl methyl sites for hydroxylation is 1. The highest BCUT2D eigenvalue weighted by Gasteiger charge is 2.21. The topological polar surface area (TPSA) is 97.0 Å². The summed E-state index contributed by atoms with van der Waals surface area (Å²) in [4.78, 5) is 3.97. The fourth-order valence-corrected chi connectivity index (χ4v) is 4.14. The molecule has 2 rings (SSSR count). The van der Waals surface area contributed by atoms with E-state index in [1.807, 2.05) is 6.92 Å². The van der Waals surface area contributed by atoms with Crippen LogP contribution in [-0.2, 0) is 10.0 Å². The van der Waals surface area contributed by atoms with Gasteiger partial charge in [0.2, 0.25) is 5.95 Å². The van der Waals surface area contributed by atoms with Gasteiger partial charge in [-0.2, -0.15) is 4.98 Å². The van der Waals surface area contributed by atoms with Crippen LogP contribution in [0.4, 0.5) is 5.95 Å². The van der Waals surface area contributed by atoms with Crippen molar-refractivity contribution in [3.05, 3.63) is 26.6 Å². The van der Waals surface area contributed by atoms with Crippen molar-refractivity contribution in [1.82, 2.24) is 15.2 Å². The van der Waals surface area contributed by atoms with E-state index in [4.69, 9.17) is 4.74 Å². The van der Waals surface area contributed by atoms with E-state index in [0.717, 1.165) is 5.56 Å². The maximum Gasteiger partial charge on any atom is 0.337 e. The van der Waals surface area contributed by atoms with E-state index in [1.165, 1.54) is 6.07 Å². The van der Waals surface area contributed by atoms with E-state index >= 15 is 0 Å². The van der Waals surface area contributed by atoms with Crippen molar-refractivity contribution in [3.8, 4) is 6.01 Å². The van der Waals surface area contributed by atoms with Crippen LogP contribution in [0.3, 0.4) is 0 Å². The van der Waals surface area contributed by atoms with Gasteiger partial charge in [0.25, 0.3) is 10.0 Å². The first-order chi connectivity index (χ1) is 9.83. The minimum Gasteiger partial charge on any atom is -0.463 e. The van der Waals surface area contributed by atoms with E-state index in [-0.39, 0.29) is 16.9 Å². The molecule has 1 heterocycles. The molecule has 0 bridgehead atoms. The van der Waals surface area contributed by atoms with E-state index in [0.29, 0.717) is 15.6 Å². The number of H-pyrrole nitrogens is 1. The Morgan fingerprint density at radius 3 is 2.71 bits per heavy atom. The summed E-state index contributed by atoms with van der Waals surface area (Å²) in [6.07, 6.45) is 0. The van der Waals surface area contributed by atoms with Gasteiger partial charge in [-0.05, 0) is 47.5 Å². The number of rotatable bonds is 5. The first-order valence-corrected chi connectivity index (χ1v) is 8.94. The van der Waals surface area contributed by atoms with Gasteiger partial charge in [0.1, 0.15) is 4.90 Å². The molecule has 0 atom stereocenters. The fraction of sp³-hybridized carbons (Fsp3) is 0.273. The molecule has 0 saturated carbocycles. The molecule has 10 heteroatoms. The molecule has 7 nitrogen and oxygen atoms in total. The molecule has 1 aromatic carbocycles. The zero-order valence-corrected chi connectivity index (χ0v) is 15.1. The second kappa shape index (κ2) is 6.32. The predicted octanol–water partition coefficient (Wildman–Crippen LogP) is 2.84. The van der Waals surface area contributed by atoms with Crippen LogP contribution < -0.4 is 9.46 Å². The predicted molar refractivity (Wildman–Crippen MR) is 84.9 cm³/mol. The Hall–Kier alpha value is -1.13. The van der Waals surface area contributed by atoms with Gasteiger partial charge in [-0.3, -0.25) is 0 Å². The third kappa shape index (κ3) is 3.74. The molecule has 114 valence electrons. The Labute approximate surface area is 138 Å². The van der Waals surface area contributed by atoms with Crippen LogP contribution in [0.1, 0.15) is 12.5 Å². The molecule has 21 heavy (non-hydrogen) atoms. The summed E-state index contributed by atoms with van der Waals surface area (Å²) in [5.74, 6) is -0.0120. The summed E-state index contributed by atoms with van der Waals surface area (Å²) in [6.45, 7) is 4.03. The Bertz CT molecular complexity index is 761. The molecular formula is C11H12Br2N4O3S. The lowest BCUT2D eigenvalue weighted by Gasteiger charge is -2.09. The molecule has 2 N–H and O–H groups in total. The van der Waals surface area contributed by atoms with Gasteiger partial charge < -0.3 is 4.74 Å². The normalized spacial score (nSPS) is 11.4. The molecular weight excluding hydrogens is 428 g/mol. The van der Waals surface area contributed by atoms with Crippen molar-refractivity contribution in [2.75, 3.05) is 11.3 Å². The van der Waals surface area contributed by atoms with Crippen LogP contribution >= 0.6 is 31.9 Å².